The van der Waals surface area contributed by atoms with Crippen LogP contribution in [0.3, 0.4) is 0 Å². The van der Waals surface area contributed by atoms with Gasteiger partial charge in [-0.15, -0.1) is 0 Å². The molecule has 2 N–H and O–H groups in total. The Morgan fingerprint density at radius 2 is 1.95 bits per heavy atom. The van der Waals surface area contributed by atoms with Gasteiger partial charge in [0, 0.05) is 12.0 Å². The number of ether oxygens (including phenoxy) is 1. The second kappa shape index (κ2) is 6.48. The predicted molar refractivity (Wildman–Crippen MR) is 81.4 cm³/mol. The minimum absolute atomic E-state index is 0.0388. The first-order valence-corrected chi connectivity index (χ1v) is 6.81. The summed E-state index contributed by atoms with van der Waals surface area (Å²) in [5.74, 6) is -0.0388. The van der Waals surface area contributed by atoms with Crippen molar-refractivity contribution in [2.45, 2.75) is 32.4 Å². The fourth-order valence-electron chi connectivity index (χ4n) is 1.97. The van der Waals surface area contributed by atoms with Gasteiger partial charge in [-0.25, -0.2) is 4.98 Å². The van der Waals surface area contributed by atoms with Gasteiger partial charge in [0.05, 0.1) is 4.92 Å². The van der Waals surface area contributed by atoms with Gasteiger partial charge in [0.1, 0.15) is 18.6 Å². The molecule has 0 fully saturated rings. The molecule has 0 aliphatic carbocycles. The van der Waals surface area contributed by atoms with Gasteiger partial charge in [-0.05, 0) is 19.4 Å². The van der Waals surface area contributed by atoms with E-state index in [1.54, 1.807) is 13.8 Å². The Hall–Kier alpha value is -2.54. The van der Waals surface area contributed by atoms with Crippen LogP contribution in [0, 0.1) is 10.1 Å². The summed E-state index contributed by atoms with van der Waals surface area (Å²) >= 11 is 0. The molecule has 7 nitrogen and oxygen atoms in total. The lowest BCUT2D eigenvalue weighted by Crippen LogP contribution is -2.35. The van der Waals surface area contributed by atoms with Gasteiger partial charge >= 0.3 is 5.69 Å². The van der Waals surface area contributed by atoms with Crippen LogP contribution in [0.25, 0.3) is 0 Å². The van der Waals surface area contributed by atoms with E-state index in [2.05, 4.69) is 9.97 Å². The molecular weight excluding hydrogens is 284 g/mol. The molecule has 0 aliphatic rings. The lowest BCUT2D eigenvalue weighted by atomic mass is 9.99. The Morgan fingerprint density at radius 1 is 1.27 bits per heavy atom. The van der Waals surface area contributed by atoms with Crippen LogP contribution in [-0.2, 0) is 13.0 Å². The van der Waals surface area contributed by atoms with Crippen LogP contribution in [0.4, 0.5) is 5.69 Å². The first-order valence-electron chi connectivity index (χ1n) is 6.81. The lowest BCUT2D eigenvalue weighted by molar-refractivity contribution is -0.387. The second-order valence-corrected chi connectivity index (χ2v) is 5.67. The number of hydrogen-bond acceptors (Lipinski definition) is 6. The molecular formula is C15H18N4O3. The van der Waals surface area contributed by atoms with Gasteiger partial charge in [-0.3, -0.25) is 10.1 Å². The van der Waals surface area contributed by atoms with Gasteiger partial charge < -0.3 is 10.5 Å². The highest BCUT2D eigenvalue weighted by Crippen LogP contribution is 2.29. The highest BCUT2D eigenvalue weighted by Gasteiger charge is 2.27. The van der Waals surface area contributed by atoms with Crippen molar-refractivity contribution < 1.29 is 9.66 Å². The van der Waals surface area contributed by atoms with Crippen molar-refractivity contribution in [1.29, 1.82) is 0 Å². The zero-order valence-electron chi connectivity index (χ0n) is 12.5. The molecule has 0 spiro atoms. The van der Waals surface area contributed by atoms with Crippen molar-refractivity contribution in [1.82, 2.24) is 9.97 Å². The summed E-state index contributed by atoms with van der Waals surface area (Å²) in [6.45, 7) is 3.76. The Balaban J connectivity index is 2.27. The van der Waals surface area contributed by atoms with Crippen LogP contribution in [0.5, 0.6) is 5.88 Å². The van der Waals surface area contributed by atoms with Gasteiger partial charge in [0.15, 0.2) is 0 Å². The molecule has 7 heteroatoms. The molecule has 0 saturated heterocycles. The van der Waals surface area contributed by atoms with Crippen LogP contribution in [-0.4, -0.2) is 20.4 Å². The first kappa shape index (κ1) is 15.8. The molecule has 1 aromatic heterocycles. The fourth-order valence-corrected chi connectivity index (χ4v) is 1.97. The minimum atomic E-state index is -0.615. The normalized spacial score (nSPS) is 11.2. The maximum absolute atomic E-state index is 11.3. The summed E-state index contributed by atoms with van der Waals surface area (Å²) in [6.07, 6.45) is 1.52. The summed E-state index contributed by atoms with van der Waals surface area (Å²) < 4.78 is 5.51. The molecule has 116 valence electrons. The topological polar surface area (TPSA) is 104 Å². The van der Waals surface area contributed by atoms with Crippen LogP contribution >= 0.6 is 0 Å². The summed E-state index contributed by atoms with van der Waals surface area (Å²) in [7, 11) is 0. The molecule has 1 heterocycles. The zero-order valence-corrected chi connectivity index (χ0v) is 12.5. The lowest BCUT2D eigenvalue weighted by Gasteiger charge is -2.17. The van der Waals surface area contributed by atoms with Crippen molar-refractivity contribution in [3.63, 3.8) is 0 Å². The molecule has 1 aromatic carbocycles. The molecule has 0 unspecified atom stereocenters. The number of rotatable bonds is 6. The van der Waals surface area contributed by atoms with E-state index < -0.39 is 10.5 Å². The van der Waals surface area contributed by atoms with E-state index in [1.807, 2.05) is 30.3 Å². The van der Waals surface area contributed by atoms with Crippen molar-refractivity contribution in [2.24, 2.45) is 5.73 Å². The maximum atomic E-state index is 11.3. The fraction of sp³-hybridized carbons (Fsp3) is 0.333. The van der Waals surface area contributed by atoms with Crippen LogP contribution in [0.1, 0.15) is 25.1 Å². The van der Waals surface area contributed by atoms with Crippen molar-refractivity contribution in [3.05, 3.63) is 58.0 Å². The van der Waals surface area contributed by atoms with Gasteiger partial charge in [-0.2, -0.15) is 4.98 Å². The molecule has 0 amide bonds. The zero-order chi connectivity index (χ0) is 16.2. The summed E-state index contributed by atoms with van der Waals surface area (Å²) in [5.41, 5.74) is 6.26. The highest BCUT2D eigenvalue weighted by atomic mass is 16.6. The smallest absolute Gasteiger partial charge is 0.352 e. The average Bonchev–Trinajstić information content (AvgIpc) is 2.44. The molecule has 0 bridgehead atoms. The average molecular weight is 302 g/mol. The maximum Gasteiger partial charge on any atom is 0.352 e. The number of benzene rings is 1. The van der Waals surface area contributed by atoms with E-state index in [0.717, 1.165) is 5.56 Å². The molecule has 2 aromatic rings. The van der Waals surface area contributed by atoms with E-state index in [4.69, 9.17) is 10.5 Å². The molecule has 2 rings (SSSR count). The third-order valence-corrected chi connectivity index (χ3v) is 2.89. The van der Waals surface area contributed by atoms with E-state index in [0.29, 0.717) is 0 Å². The van der Waals surface area contributed by atoms with E-state index in [9.17, 15) is 10.1 Å². The Bertz CT molecular complexity index is 654. The highest BCUT2D eigenvalue weighted by molar-refractivity contribution is 5.45. The SMILES string of the molecule is CC(C)(N)Cc1ncnc(OCc2ccccc2)c1[N+](=O)[O-]. The quantitative estimate of drug-likeness (QED) is 0.648. The molecule has 0 radical (unpaired) electrons. The second-order valence-electron chi connectivity index (χ2n) is 5.67. The van der Waals surface area contributed by atoms with Crippen molar-refractivity contribution in [2.75, 3.05) is 0 Å². The standard InChI is InChI=1S/C15H18N4O3/c1-15(2,16)8-12-13(19(20)21)14(18-10-17-12)22-9-11-6-4-3-5-7-11/h3-7,10H,8-9,16H2,1-2H3. The van der Waals surface area contributed by atoms with Gasteiger partial charge in [-0.1, -0.05) is 30.3 Å². The number of nitro groups is 1. The van der Waals surface area contributed by atoms with Crippen LogP contribution in [0.15, 0.2) is 36.7 Å². The van der Waals surface area contributed by atoms with Crippen molar-refractivity contribution >= 4 is 5.69 Å². The van der Waals surface area contributed by atoms with E-state index in [-0.39, 0.29) is 30.3 Å². The van der Waals surface area contributed by atoms with Gasteiger partial charge in [0.2, 0.25) is 0 Å². The number of nitrogens with two attached hydrogens (primary N) is 1. The molecule has 0 atom stereocenters. The van der Waals surface area contributed by atoms with E-state index >= 15 is 0 Å². The monoisotopic (exact) mass is 302 g/mol. The largest absolute Gasteiger partial charge is 0.468 e. The molecule has 0 aliphatic heterocycles. The number of aromatic nitrogens is 2. The first-order chi connectivity index (χ1) is 10.4. The molecule has 22 heavy (non-hydrogen) atoms. The van der Waals surface area contributed by atoms with Gasteiger partial charge in [0.25, 0.3) is 5.88 Å². The van der Waals surface area contributed by atoms with E-state index in [1.165, 1.54) is 6.33 Å². The number of nitrogens with zero attached hydrogens (tertiary/aromatic N) is 3. The third-order valence-electron chi connectivity index (χ3n) is 2.89. The number of hydrogen-bond donors (Lipinski definition) is 1. The van der Waals surface area contributed by atoms with Crippen LogP contribution in [0.2, 0.25) is 0 Å². The Kier molecular flexibility index (Phi) is 4.67. The molecule has 0 saturated carbocycles. The summed E-state index contributed by atoms with van der Waals surface area (Å²) in [4.78, 5) is 18.7. The Morgan fingerprint density at radius 3 is 2.55 bits per heavy atom. The van der Waals surface area contributed by atoms with Crippen molar-refractivity contribution in [3.8, 4) is 5.88 Å². The third kappa shape index (κ3) is 4.23. The summed E-state index contributed by atoms with van der Waals surface area (Å²) in [5, 5.41) is 11.3. The summed E-state index contributed by atoms with van der Waals surface area (Å²) in [6, 6.07) is 9.37. The Labute approximate surface area is 128 Å². The predicted octanol–water partition coefficient (Wildman–Crippen LogP) is 2.24. The minimum Gasteiger partial charge on any atom is -0.468 e. The van der Waals surface area contributed by atoms with Crippen LogP contribution < -0.4 is 10.5 Å².